The van der Waals surface area contributed by atoms with Gasteiger partial charge in [0, 0.05) is 12.6 Å². The highest BCUT2D eigenvalue weighted by Gasteiger charge is 2.13. The van der Waals surface area contributed by atoms with Gasteiger partial charge in [-0.25, -0.2) is 4.39 Å². The number of benzene rings is 2. The molecule has 1 heterocycles. The third-order valence-electron chi connectivity index (χ3n) is 3.35. The van der Waals surface area contributed by atoms with E-state index in [0.29, 0.717) is 5.16 Å². The number of anilines is 1. The normalized spacial score (nSPS) is 10.6. The Morgan fingerprint density at radius 1 is 1.12 bits per heavy atom. The minimum absolute atomic E-state index is 0.120. The summed E-state index contributed by atoms with van der Waals surface area (Å²) in [5.41, 5.74) is 1.13. The van der Waals surface area contributed by atoms with Gasteiger partial charge in [-0.1, -0.05) is 54.2 Å². The number of nitrogens with one attached hydrogen (secondary N) is 1. The molecule has 1 N–H and O–H groups in total. The van der Waals surface area contributed by atoms with Crippen LogP contribution in [-0.4, -0.2) is 26.4 Å². The lowest BCUT2D eigenvalue weighted by Gasteiger charge is -2.06. The van der Waals surface area contributed by atoms with Crippen molar-refractivity contribution in [2.24, 2.45) is 7.05 Å². The second kappa shape index (κ2) is 7.27. The van der Waals surface area contributed by atoms with Crippen LogP contribution in [0.1, 0.15) is 0 Å². The van der Waals surface area contributed by atoms with Crippen molar-refractivity contribution in [3.8, 4) is 11.4 Å². The van der Waals surface area contributed by atoms with E-state index in [1.165, 1.54) is 23.9 Å². The van der Waals surface area contributed by atoms with Crippen LogP contribution in [0.15, 0.2) is 59.8 Å². The van der Waals surface area contributed by atoms with Crippen LogP contribution >= 0.6 is 11.8 Å². The van der Waals surface area contributed by atoms with Crippen molar-refractivity contribution in [3.05, 3.63) is 60.4 Å². The number of para-hydroxylation sites is 1. The summed E-state index contributed by atoms with van der Waals surface area (Å²) in [5.74, 6) is 0.0950. The number of carbonyl (C=O) groups excluding carboxylic acids is 1. The molecule has 0 aliphatic heterocycles. The SMILES string of the molecule is Cn1c(SCC(=O)Nc2ccccc2F)nnc1-c1ccccc1. The molecule has 0 unspecified atom stereocenters. The zero-order chi connectivity index (χ0) is 16.9. The summed E-state index contributed by atoms with van der Waals surface area (Å²) in [7, 11) is 1.85. The van der Waals surface area contributed by atoms with E-state index >= 15 is 0 Å². The molecule has 0 radical (unpaired) electrons. The Hall–Kier alpha value is -2.67. The lowest BCUT2D eigenvalue weighted by atomic mass is 10.2. The Labute approximate surface area is 142 Å². The van der Waals surface area contributed by atoms with E-state index in [9.17, 15) is 9.18 Å². The standard InChI is InChI=1S/C17H15FN4OS/c1-22-16(12-7-3-2-4-8-12)20-21-17(22)24-11-15(23)19-14-10-6-5-9-13(14)18/h2-10H,11H2,1H3,(H,19,23). The third kappa shape index (κ3) is 3.62. The predicted molar refractivity (Wildman–Crippen MR) is 92.2 cm³/mol. The van der Waals surface area contributed by atoms with Crippen LogP contribution in [0.5, 0.6) is 0 Å². The van der Waals surface area contributed by atoms with Crippen LogP contribution in [0.2, 0.25) is 0 Å². The predicted octanol–water partition coefficient (Wildman–Crippen LogP) is 3.35. The van der Waals surface area contributed by atoms with Gasteiger partial charge < -0.3 is 9.88 Å². The first-order valence-corrected chi connectivity index (χ1v) is 8.25. The van der Waals surface area contributed by atoms with E-state index in [0.717, 1.165) is 11.4 Å². The fraction of sp³-hybridized carbons (Fsp3) is 0.118. The molecular weight excluding hydrogens is 327 g/mol. The number of nitrogens with zero attached hydrogens (tertiary/aromatic N) is 3. The molecule has 0 aliphatic carbocycles. The molecule has 3 aromatic rings. The molecule has 2 aromatic carbocycles. The van der Waals surface area contributed by atoms with Crippen LogP contribution in [0.25, 0.3) is 11.4 Å². The average molecular weight is 342 g/mol. The second-order valence-electron chi connectivity index (χ2n) is 5.05. The molecule has 0 saturated heterocycles. The lowest BCUT2D eigenvalue weighted by Crippen LogP contribution is -2.15. The van der Waals surface area contributed by atoms with Crippen molar-refractivity contribution in [1.29, 1.82) is 0 Å². The summed E-state index contributed by atoms with van der Waals surface area (Å²) in [4.78, 5) is 12.0. The van der Waals surface area contributed by atoms with E-state index in [2.05, 4.69) is 15.5 Å². The minimum atomic E-state index is -0.458. The van der Waals surface area contributed by atoms with Gasteiger partial charge in [-0.05, 0) is 12.1 Å². The highest BCUT2D eigenvalue weighted by atomic mass is 32.2. The Balaban J connectivity index is 1.64. The van der Waals surface area contributed by atoms with Crippen LogP contribution in [0, 0.1) is 5.82 Å². The molecule has 1 amide bonds. The quantitative estimate of drug-likeness (QED) is 0.723. The number of hydrogen-bond acceptors (Lipinski definition) is 4. The Kier molecular flexibility index (Phi) is 4.90. The van der Waals surface area contributed by atoms with Gasteiger partial charge in [0.25, 0.3) is 0 Å². The molecule has 122 valence electrons. The van der Waals surface area contributed by atoms with Crippen LogP contribution in [0.4, 0.5) is 10.1 Å². The molecule has 0 bridgehead atoms. The molecule has 0 spiro atoms. The summed E-state index contributed by atoms with van der Waals surface area (Å²) >= 11 is 1.25. The van der Waals surface area contributed by atoms with E-state index in [1.807, 2.05) is 41.9 Å². The molecule has 0 fully saturated rings. The number of thioether (sulfide) groups is 1. The molecule has 24 heavy (non-hydrogen) atoms. The maximum Gasteiger partial charge on any atom is 0.234 e. The first kappa shape index (κ1) is 16.2. The minimum Gasteiger partial charge on any atom is -0.323 e. The fourth-order valence-electron chi connectivity index (χ4n) is 2.16. The maximum atomic E-state index is 13.5. The molecule has 3 rings (SSSR count). The van der Waals surface area contributed by atoms with Crippen molar-refractivity contribution in [2.45, 2.75) is 5.16 Å². The number of rotatable bonds is 5. The highest BCUT2D eigenvalue weighted by molar-refractivity contribution is 7.99. The van der Waals surface area contributed by atoms with Crippen molar-refractivity contribution < 1.29 is 9.18 Å². The van der Waals surface area contributed by atoms with Gasteiger partial charge in [-0.3, -0.25) is 4.79 Å². The van der Waals surface area contributed by atoms with Crippen LogP contribution < -0.4 is 5.32 Å². The Morgan fingerprint density at radius 3 is 2.58 bits per heavy atom. The van der Waals surface area contributed by atoms with Crippen molar-refractivity contribution in [1.82, 2.24) is 14.8 Å². The van der Waals surface area contributed by atoms with E-state index in [-0.39, 0.29) is 17.3 Å². The van der Waals surface area contributed by atoms with Crippen molar-refractivity contribution in [2.75, 3.05) is 11.1 Å². The second-order valence-corrected chi connectivity index (χ2v) is 5.99. The smallest absolute Gasteiger partial charge is 0.234 e. The van der Waals surface area contributed by atoms with Gasteiger partial charge in [-0.15, -0.1) is 10.2 Å². The largest absolute Gasteiger partial charge is 0.323 e. The third-order valence-corrected chi connectivity index (χ3v) is 4.37. The van der Waals surface area contributed by atoms with Crippen LogP contribution in [0.3, 0.4) is 0 Å². The first-order chi connectivity index (χ1) is 11.6. The van der Waals surface area contributed by atoms with E-state index in [1.54, 1.807) is 12.1 Å². The Morgan fingerprint density at radius 2 is 1.83 bits per heavy atom. The molecule has 0 aliphatic rings. The topological polar surface area (TPSA) is 59.8 Å². The molecule has 7 heteroatoms. The average Bonchev–Trinajstić information content (AvgIpc) is 2.97. The molecular formula is C17H15FN4OS. The maximum absolute atomic E-state index is 13.5. The summed E-state index contributed by atoms with van der Waals surface area (Å²) < 4.78 is 15.4. The summed E-state index contributed by atoms with van der Waals surface area (Å²) in [5, 5.41) is 11.4. The van der Waals surface area contributed by atoms with Gasteiger partial charge in [0.05, 0.1) is 11.4 Å². The zero-order valence-electron chi connectivity index (χ0n) is 12.9. The molecule has 0 saturated carbocycles. The number of carbonyl (C=O) groups is 1. The highest BCUT2D eigenvalue weighted by Crippen LogP contribution is 2.22. The van der Waals surface area contributed by atoms with Gasteiger partial charge >= 0.3 is 0 Å². The summed E-state index contributed by atoms with van der Waals surface area (Å²) in [6.07, 6.45) is 0. The number of halogens is 1. The summed E-state index contributed by atoms with van der Waals surface area (Å²) in [6, 6.07) is 15.8. The summed E-state index contributed by atoms with van der Waals surface area (Å²) in [6.45, 7) is 0. The first-order valence-electron chi connectivity index (χ1n) is 7.27. The lowest BCUT2D eigenvalue weighted by molar-refractivity contribution is -0.113. The van der Waals surface area contributed by atoms with E-state index in [4.69, 9.17) is 0 Å². The number of hydrogen-bond donors (Lipinski definition) is 1. The van der Waals surface area contributed by atoms with Crippen molar-refractivity contribution >= 4 is 23.4 Å². The number of aromatic nitrogens is 3. The monoisotopic (exact) mass is 342 g/mol. The molecule has 0 atom stereocenters. The zero-order valence-corrected chi connectivity index (χ0v) is 13.8. The number of amides is 1. The van der Waals surface area contributed by atoms with Gasteiger partial charge in [0.1, 0.15) is 5.82 Å². The molecule has 5 nitrogen and oxygen atoms in total. The van der Waals surface area contributed by atoms with Crippen molar-refractivity contribution in [3.63, 3.8) is 0 Å². The Bertz CT molecular complexity index is 851. The van der Waals surface area contributed by atoms with Gasteiger partial charge in [-0.2, -0.15) is 0 Å². The van der Waals surface area contributed by atoms with Crippen LogP contribution in [-0.2, 0) is 11.8 Å². The van der Waals surface area contributed by atoms with Gasteiger partial charge in [0.15, 0.2) is 11.0 Å². The molecule has 1 aromatic heterocycles. The van der Waals surface area contributed by atoms with E-state index < -0.39 is 5.82 Å². The van der Waals surface area contributed by atoms with Gasteiger partial charge in [0.2, 0.25) is 5.91 Å². The fourth-order valence-corrected chi connectivity index (χ4v) is 2.87.